The number of H-pyrrole nitrogens is 2. The Balaban J connectivity index is 3.15. The van der Waals surface area contributed by atoms with Gasteiger partial charge in [-0.25, -0.2) is 4.79 Å². The van der Waals surface area contributed by atoms with E-state index in [0.29, 0.717) is 0 Å². The summed E-state index contributed by atoms with van der Waals surface area (Å²) in [5.74, 6) is 0. The molecule has 0 fully saturated rings. The Morgan fingerprint density at radius 2 is 2.18 bits per heavy atom. The zero-order valence-electron chi connectivity index (χ0n) is 5.25. The molecule has 2 heterocycles. The van der Waals surface area contributed by atoms with Gasteiger partial charge in [-0.05, 0) is 0 Å². The van der Waals surface area contributed by atoms with Crippen molar-refractivity contribution in [2.75, 3.05) is 0 Å². The van der Waals surface area contributed by atoms with E-state index in [1.54, 1.807) is 0 Å². The molecule has 2 N–H and O–H groups in total. The van der Waals surface area contributed by atoms with Gasteiger partial charge in [0.25, 0.3) is 5.56 Å². The topological polar surface area (TPSA) is 91.8 Å². The van der Waals surface area contributed by atoms with E-state index in [-0.39, 0.29) is 11.1 Å². The molecule has 6 heteroatoms. The van der Waals surface area contributed by atoms with Crippen LogP contribution in [0.3, 0.4) is 0 Å². The van der Waals surface area contributed by atoms with Gasteiger partial charge in [0.05, 0.1) is 6.20 Å². The number of nitrogens with one attached hydrogen (secondary N) is 2. The summed E-state index contributed by atoms with van der Waals surface area (Å²) < 4.78 is 4.55. The van der Waals surface area contributed by atoms with Crippen molar-refractivity contribution >= 4 is 11.1 Å². The molecule has 6 nitrogen and oxygen atoms in total. The van der Waals surface area contributed by atoms with Crippen LogP contribution < -0.4 is 11.2 Å². The van der Waals surface area contributed by atoms with Crippen molar-refractivity contribution in [3.8, 4) is 0 Å². The molecule has 0 bridgehead atoms. The highest BCUT2D eigenvalue weighted by Gasteiger charge is 2.02. The molecule has 2 rings (SSSR count). The fourth-order valence-corrected chi connectivity index (χ4v) is 0.796. The summed E-state index contributed by atoms with van der Waals surface area (Å²) in [6, 6.07) is 0. The van der Waals surface area contributed by atoms with Crippen LogP contribution in [0.25, 0.3) is 11.1 Å². The molecule has 2 aromatic rings. The molecule has 0 saturated carbocycles. The SMILES string of the molecule is O=c1[nH]c(=O)c2cnoc2[nH]1. The predicted octanol–water partition coefficient (Wildman–Crippen LogP) is -0.796. The molecular weight excluding hydrogens is 150 g/mol. The molecule has 2 aromatic heterocycles. The monoisotopic (exact) mass is 153 g/mol. The van der Waals surface area contributed by atoms with Crippen molar-refractivity contribution in [1.82, 2.24) is 15.1 Å². The number of aromatic amines is 2. The quantitative estimate of drug-likeness (QED) is 0.518. The van der Waals surface area contributed by atoms with Crippen LogP contribution in [0.1, 0.15) is 0 Å². The van der Waals surface area contributed by atoms with Crippen LogP contribution in [-0.4, -0.2) is 15.1 Å². The fraction of sp³-hybridized carbons (Fsp3) is 0. The van der Waals surface area contributed by atoms with Gasteiger partial charge in [-0.1, -0.05) is 5.16 Å². The molecule has 0 aliphatic heterocycles. The molecule has 0 unspecified atom stereocenters. The molecule has 11 heavy (non-hydrogen) atoms. The molecule has 0 saturated heterocycles. The van der Waals surface area contributed by atoms with E-state index in [0.717, 1.165) is 0 Å². The zero-order chi connectivity index (χ0) is 7.84. The molecule has 0 amide bonds. The van der Waals surface area contributed by atoms with E-state index >= 15 is 0 Å². The second-order valence-electron chi connectivity index (χ2n) is 1.98. The second-order valence-corrected chi connectivity index (χ2v) is 1.98. The smallest absolute Gasteiger partial charge is 0.328 e. The first kappa shape index (κ1) is 5.90. The predicted molar refractivity (Wildman–Crippen MR) is 35.3 cm³/mol. The molecule has 0 spiro atoms. The van der Waals surface area contributed by atoms with Gasteiger partial charge in [-0.3, -0.25) is 14.8 Å². The number of hydrogen-bond acceptors (Lipinski definition) is 4. The van der Waals surface area contributed by atoms with E-state index in [2.05, 4.69) is 14.7 Å². The molecule has 0 aliphatic carbocycles. The lowest BCUT2D eigenvalue weighted by Crippen LogP contribution is -2.20. The maximum atomic E-state index is 10.9. The van der Waals surface area contributed by atoms with Crippen molar-refractivity contribution in [2.24, 2.45) is 0 Å². The summed E-state index contributed by atoms with van der Waals surface area (Å²) in [7, 11) is 0. The minimum absolute atomic E-state index is 0.0961. The summed E-state index contributed by atoms with van der Waals surface area (Å²) in [6.45, 7) is 0. The van der Waals surface area contributed by atoms with Gasteiger partial charge in [-0.2, -0.15) is 0 Å². The minimum atomic E-state index is -0.598. The average Bonchev–Trinajstić information content (AvgIpc) is 2.34. The number of nitrogens with zero attached hydrogens (tertiary/aromatic N) is 1. The number of aromatic nitrogens is 3. The fourth-order valence-electron chi connectivity index (χ4n) is 0.796. The maximum Gasteiger partial charge on any atom is 0.328 e. The van der Waals surface area contributed by atoms with Crippen molar-refractivity contribution in [3.05, 3.63) is 27.0 Å². The Bertz CT molecular complexity index is 491. The van der Waals surface area contributed by atoms with Gasteiger partial charge in [0, 0.05) is 0 Å². The first-order chi connectivity index (χ1) is 5.27. The molecule has 56 valence electrons. The van der Waals surface area contributed by atoms with Crippen LogP contribution >= 0.6 is 0 Å². The van der Waals surface area contributed by atoms with Gasteiger partial charge in [0.15, 0.2) is 0 Å². The average molecular weight is 153 g/mol. The largest absolute Gasteiger partial charge is 0.338 e. The Labute approximate surface area is 58.8 Å². The van der Waals surface area contributed by atoms with Crippen molar-refractivity contribution in [2.45, 2.75) is 0 Å². The molecule has 0 radical (unpaired) electrons. The van der Waals surface area contributed by atoms with Crippen LogP contribution in [0.15, 0.2) is 20.3 Å². The third-order valence-corrected chi connectivity index (χ3v) is 1.27. The lowest BCUT2D eigenvalue weighted by molar-refractivity contribution is 0.447. The van der Waals surface area contributed by atoms with E-state index in [1.165, 1.54) is 6.20 Å². The van der Waals surface area contributed by atoms with Gasteiger partial charge in [0.2, 0.25) is 5.71 Å². The standard InChI is InChI=1S/C5H3N3O3/c9-3-2-1-6-11-4(2)8-5(10)7-3/h1H,(H2,7,8,9,10). The Kier molecular flexibility index (Phi) is 0.974. The number of hydrogen-bond donors (Lipinski definition) is 2. The zero-order valence-corrected chi connectivity index (χ0v) is 5.25. The third-order valence-electron chi connectivity index (χ3n) is 1.27. The third kappa shape index (κ3) is 0.759. The summed E-state index contributed by atoms with van der Waals surface area (Å²) in [5, 5.41) is 3.58. The summed E-state index contributed by atoms with van der Waals surface area (Å²) in [6.07, 6.45) is 1.24. The lowest BCUT2D eigenvalue weighted by Gasteiger charge is -1.81. The normalized spacial score (nSPS) is 10.5. The van der Waals surface area contributed by atoms with Gasteiger partial charge >= 0.3 is 5.69 Å². The Hall–Kier alpha value is -1.85. The molecule has 0 atom stereocenters. The molecule has 0 aliphatic rings. The summed E-state index contributed by atoms with van der Waals surface area (Å²) in [5.41, 5.74) is -0.997. The van der Waals surface area contributed by atoms with E-state index in [1.807, 2.05) is 4.98 Å². The molecule has 0 aromatic carbocycles. The first-order valence-electron chi connectivity index (χ1n) is 2.84. The van der Waals surface area contributed by atoms with Crippen molar-refractivity contribution in [1.29, 1.82) is 0 Å². The Morgan fingerprint density at radius 1 is 1.36 bits per heavy atom. The van der Waals surface area contributed by atoms with E-state index in [4.69, 9.17) is 0 Å². The van der Waals surface area contributed by atoms with Crippen LogP contribution in [0.2, 0.25) is 0 Å². The van der Waals surface area contributed by atoms with Crippen molar-refractivity contribution in [3.63, 3.8) is 0 Å². The number of rotatable bonds is 0. The highest BCUT2D eigenvalue weighted by Crippen LogP contribution is 1.99. The summed E-state index contributed by atoms with van der Waals surface area (Å²) >= 11 is 0. The summed E-state index contributed by atoms with van der Waals surface area (Å²) in [4.78, 5) is 25.8. The van der Waals surface area contributed by atoms with Crippen LogP contribution in [0.5, 0.6) is 0 Å². The van der Waals surface area contributed by atoms with Crippen LogP contribution in [0, 0.1) is 0 Å². The van der Waals surface area contributed by atoms with Gasteiger partial charge < -0.3 is 4.52 Å². The lowest BCUT2D eigenvalue weighted by atomic mass is 10.4. The number of fused-ring (bicyclic) bond motifs is 1. The highest BCUT2D eigenvalue weighted by molar-refractivity contribution is 5.69. The highest BCUT2D eigenvalue weighted by atomic mass is 16.5. The van der Waals surface area contributed by atoms with Gasteiger partial charge in [0.1, 0.15) is 5.39 Å². The van der Waals surface area contributed by atoms with E-state index < -0.39 is 11.2 Å². The maximum absolute atomic E-state index is 10.9. The Morgan fingerprint density at radius 3 is 3.00 bits per heavy atom. The van der Waals surface area contributed by atoms with Crippen LogP contribution in [-0.2, 0) is 0 Å². The van der Waals surface area contributed by atoms with E-state index in [9.17, 15) is 9.59 Å². The first-order valence-corrected chi connectivity index (χ1v) is 2.84. The van der Waals surface area contributed by atoms with Gasteiger partial charge in [-0.15, -0.1) is 0 Å². The second kappa shape index (κ2) is 1.82. The van der Waals surface area contributed by atoms with Crippen molar-refractivity contribution < 1.29 is 4.52 Å². The van der Waals surface area contributed by atoms with Crippen LogP contribution in [0.4, 0.5) is 0 Å². The minimum Gasteiger partial charge on any atom is -0.338 e. The molecular formula is C5H3N3O3.